The van der Waals surface area contributed by atoms with Crippen LogP contribution in [0.15, 0.2) is 18.5 Å². The average molecular weight is 254 g/mol. The van der Waals surface area contributed by atoms with Crippen LogP contribution >= 0.6 is 0 Å². The highest BCUT2D eigenvalue weighted by atomic mass is 16.5. The SMILES string of the molecule is COCCNCC(O)c1cncc(OC(C)C)c1. The molecule has 5 nitrogen and oxygen atoms in total. The highest BCUT2D eigenvalue weighted by Crippen LogP contribution is 2.18. The lowest BCUT2D eigenvalue weighted by atomic mass is 10.1. The van der Waals surface area contributed by atoms with Gasteiger partial charge in [-0.15, -0.1) is 0 Å². The lowest BCUT2D eigenvalue weighted by molar-refractivity contribution is 0.160. The molecule has 102 valence electrons. The zero-order valence-corrected chi connectivity index (χ0v) is 11.2. The highest BCUT2D eigenvalue weighted by molar-refractivity contribution is 5.25. The first-order valence-corrected chi connectivity index (χ1v) is 6.12. The highest BCUT2D eigenvalue weighted by Gasteiger charge is 2.09. The minimum atomic E-state index is -0.593. The Kier molecular flexibility index (Phi) is 6.64. The molecule has 18 heavy (non-hydrogen) atoms. The van der Waals surface area contributed by atoms with Crippen LogP contribution in [0.4, 0.5) is 0 Å². The minimum absolute atomic E-state index is 0.0963. The molecule has 0 saturated carbocycles. The molecule has 0 radical (unpaired) electrons. The number of aliphatic hydroxyl groups excluding tert-OH is 1. The first kappa shape index (κ1) is 14.9. The lowest BCUT2D eigenvalue weighted by Crippen LogP contribution is -2.25. The first-order valence-electron chi connectivity index (χ1n) is 6.12. The summed E-state index contributed by atoms with van der Waals surface area (Å²) < 4.78 is 10.4. The van der Waals surface area contributed by atoms with Crippen molar-refractivity contribution in [1.82, 2.24) is 10.3 Å². The largest absolute Gasteiger partial charge is 0.489 e. The molecule has 1 unspecified atom stereocenters. The number of rotatable bonds is 8. The van der Waals surface area contributed by atoms with E-state index in [-0.39, 0.29) is 6.10 Å². The number of hydrogen-bond donors (Lipinski definition) is 2. The second kappa shape index (κ2) is 8.02. The van der Waals surface area contributed by atoms with E-state index >= 15 is 0 Å². The summed E-state index contributed by atoms with van der Waals surface area (Å²) >= 11 is 0. The van der Waals surface area contributed by atoms with Crippen LogP contribution in [0.1, 0.15) is 25.5 Å². The van der Waals surface area contributed by atoms with Crippen molar-refractivity contribution in [3.05, 3.63) is 24.0 Å². The van der Waals surface area contributed by atoms with E-state index in [1.54, 1.807) is 19.5 Å². The quantitative estimate of drug-likeness (QED) is 0.681. The molecule has 5 heteroatoms. The molecule has 0 aromatic carbocycles. The summed E-state index contributed by atoms with van der Waals surface area (Å²) in [5, 5.41) is 13.1. The molecular weight excluding hydrogens is 232 g/mol. The number of aromatic nitrogens is 1. The zero-order chi connectivity index (χ0) is 13.4. The van der Waals surface area contributed by atoms with Gasteiger partial charge in [-0.25, -0.2) is 0 Å². The van der Waals surface area contributed by atoms with Crippen LogP contribution in [0.25, 0.3) is 0 Å². The summed E-state index contributed by atoms with van der Waals surface area (Å²) in [6.07, 6.45) is 2.80. The van der Waals surface area contributed by atoms with Gasteiger partial charge in [-0.05, 0) is 19.9 Å². The van der Waals surface area contributed by atoms with E-state index in [0.717, 1.165) is 5.56 Å². The predicted octanol–water partition coefficient (Wildman–Crippen LogP) is 1.14. The van der Waals surface area contributed by atoms with Crippen LogP contribution in [-0.2, 0) is 4.74 Å². The molecule has 1 aromatic rings. The summed E-state index contributed by atoms with van der Waals surface area (Å²) in [5.41, 5.74) is 0.748. The Balaban J connectivity index is 2.48. The van der Waals surface area contributed by atoms with Crippen LogP contribution in [0.5, 0.6) is 5.75 Å². The minimum Gasteiger partial charge on any atom is -0.489 e. The van der Waals surface area contributed by atoms with Gasteiger partial charge in [0.05, 0.1) is 25.0 Å². The Bertz CT molecular complexity index is 345. The summed E-state index contributed by atoms with van der Waals surface area (Å²) in [7, 11) is 1.65. The van der Waals surface area contributed by atoms with E-state index in [1.165, 1.54) is 0 Å². The fraction of sp³-hybridized carbons (Fsp3) is 0.615. The second-order valence-corrected chi connectivity index (χ2v) is 4.33. The van der Waals surface area contributed by atoms with E-state index in [0.29, 0.717) is 25.4 Å². The van der Waals surface area contributed by atoms with Crippen LogP contribution in [0, 0.1) is 0 Å². The molecule has 0 spiro atoms. The van der Waals surface area contributed by atoms with Crippen molar-refractivity contribution in [3.63, 3.8) is 0 Å². The Morgan fingerprint density at radius 1 is 1.39 bits per heavy atom. The number of hydrogen-bond acceptors (Lipinski definition) is 5. The predicted molar refractivity (Wildman–Crippen MR) is 69.7 cm³/mol. The third kappa shape index (κ3) is 5.44. The van der Waals surface area contributed by atoms with E-state index in [2.05, 4.69) is 10.3 Å². The van der Waals surface area contributed by atoms with E-state index in [9.17, 15) is 5.11 Å². The average Bonchev–Trinajstić information content (AvgIpc) is 2.34. The van der Waals surface area contributed by atoms with Gasteiger partial charge < -0.3 is 19.9 Å². The normalized spacial score (nSPS) is 12.7. The van der Waals surface area contributed by atoms with Gasteiger partial charge in [0.25, 0.3) is 0 Å². The van der Waals surface area contributed by atoms with Gasteiger partial charge in [0, 0.05) is 32.0 Å². The standard InChI is InChI=1S/C13H22N2O3/c1-10(2)18-12-6-11(7-15-8-12)13(16)9-14-4-5-17-3/h6-8,10,13-14,16H,4-5,9H2,1-3H3. The Morgan fingerprint density at radius 3 is 2.83 bits per heavy atom. The maximum Gasteiger partial charge on any atom is 0.138 e. The van der Waals surface area contributed by atoms with Gasteiger partial charge in [0.2, 0.25) is 0 Å². The van der Waals surface area contributed by atoms with Crippen molar-refractivity contribution in [2.75, 3.05) is 26.8 Å². The lowest BCUT2D eigenvalue weighted by Gasteiger charge is -2.14. The number of methoxy groups -OCH3 is 1. The molecule has 1 rings (SSSR count). The molecule has 0 fully saturated rings. The van der Waals surface area contributed by atoms with Crippen molar-refractivity contribution in [2.45, 2.75) is 26.1 Å². The van der Waals surface area contributed by atoms with Crippen LogP contribution in [0.3, 0.4) is 0 Å². The van der Waals surface area contributed by atoms with E-state index < -0.39 is 6.10 Å². The number of pyridine rings is 1. The molecule has 1 heterocycles. The van der Waals surface area contributed by atoms with Crippen molar-refractivity contribution < 1.29 is 14.6 Å². The summed E-state index contributed by atoms with van der Waals surface area (Å²) in [6.45, 7) is 5.71. The third-order valence-corrected chi connectivity index (χ3v) is 2.31. The Labute approximate surface area is 108 Å². The number of nitrogens with zero attached hydrogens (tertiary/aromatic N) is 1. The van der Waals surface area contributed by atoms with Crippen molar-refractivity contribution in [2.24, 2.45) is 0 Å². The maximum atomic E-state index is 9.98. The van der Waals surface area contributed by atoms with Crippen LogP contribution in [0.2, 0.25) is 0 Å². The topological polar surface area (TPSA) is 63.6 Å². The van der Waals surface area contributed by atoms with Gasteiger partial charge in [-0.1, -0.05) is 0 Å². The number of ether oxygens (including phenoxy) is 2. The third-order valence-electron chi connectivity index (χ3n) is 2.31. The smallest absolute Gasteiger partial charge is 0.138 e. The van der Waals surface area contributed by atoms with Crippen molar-refractivity contribution in [1.29, 1.82) is 0 Å². The molecule has 0 bridgehead atoms. The van der Waals surface area contributed by atoms with Gasteiger partial charge in [0.15, 0.2) is 0 Å². The molecule has 0 aliphatic carbocycles. The monoisotopic (exact) mass is 254 g/mol. The molecule has 2 N–H and O–H groups in total. The van der Waals surface area contributed by atoms with Gasteiger partial charge in [-0.2, -0.15) is 0 Å². The van der Waals surface area contributed by atoms with Crippen molar-refractivity contribution in [3.8, 4) is 5.75 Å². The zero-order valence-electron chi connectivity index (χ0n) is 11.2. The molecule has 0 aliphatic heterocycles. The van der Waals surface area contributed by atoms with Crippen molar-refractivity contribution >= 4 is 0 Å². The number of nitrogens with one attached hydrogen (secondary N) is 1. The molecular formula is C13H22N2O3. The van der Waals surface area contributed by atoms with Gasteiger partial charge in [0.1, 0.15) is 5.75 Å². The Morgan fingerprint density at radius 2 is 2.17 bits per heavy atom. The molecule has 1 atom stereocenters. The second-order valence-electron chi connectivity index (χ2n) is 4.33. The van der Waals surface area contributed by atoms with Gasteiger partial charge in [-0.3, -0.25) is 4.98 Å². The molecule has 0 amide bonds. The van der Waals surface area contributed by atoms with E-state index in [4.69, 9.17) is 9.47 Å². The Hall–Kier alpha value is -1.17. The van der Waals surface area contributed by atoms with Crippen LogP contribution in [-0.4, -0.2) is 43.0 Å². The molecule has 0 saturated heterocycles. The van der Waals surface area contributed by atoms with E-state index in [1.807, 2.05) is 19.9 Å². The summed E-state index contributed by atoms with van der Waals surface area (Å²) in [5.74, 6) is 0.679. The number of aliphatic hydroxyl groups is 1. The van der Waals surface area contributed by atoms with Crippen LogP contribution < -0.4 is 10.1 Å². The first-order chi connectivity index (χ1) is 8.63. The maximum absolute atomic E-state index is 9.98. The molecule has 1 aromatic heterocycles. The fourth-order valence-electron chi connectivity index (χ4n) is 1.49. The summed E-state index contributed by atoms with van der Waals surface area (Å²) in [6, 6.07) is 1.82. The summed E-state index contributed by atoms with van der Waals surface area (Å²) in [4.78, 5) is 4.07. The fourth-order valence-corrected chi connectivity index (χ4v) is 1.49. The van der Waals surface area contributed by atoms with Gasteiger partial charge >= 0.3 is 0 Å². The molecule has 0 aliphatic rings.